The van der Waals surface area contributed by atoms with E-state index in [9.17, 15) is 4.79 Å². The first-order valence-corrected chi connectivity index (χ1v) is 12.4. The van der Waals surface area contributed by atoms with Crippen molar-refractivity contribution in [3.8, 4) is 11.5 Å². The van der Waals surface area contributed by atoms with Gasteiger partial charge in [0.05, 0.1) is 20.8 Å². The minimum atomic E-state index is -0.0534. The fourth-order valence-corrected chi connectivity index (χ4v) is 4.91. The van der Waals surface area contributed by atoms with Gasteiger partial charge in [-0.05, 0) is 37.0 Å². The normalized spacial score (nSPS) is 13.6. The van der Waals surface area contributed by atoms with Crippen molar-refractivity contribution in [1.82, 2.24) is 19.8 Å². The molecule has 1 fully saturated rings. The molecule has 0 atom stereocenters. The van der Waals surface area contributed by atoms with E-state index >= 15 is 0 Å². The molecule has 8 heteroatoms. The molecule has 1 aliphatic rings. The van der Waals surface area contributed by atoms with Gasteiger partial charge in [0.2, 0.25) is 5.89 Å². The number of hydrogen-bond acceptors (Lipinski definition) is 6. The monoisotopic (exact) mass is 488 g/mol. The van der Waals surface area contributed by atoms with Gasteiger partial charge in [0, 0.05) is 48.8 Å². The van der Waals surface area contributed by atoms with Gasteiger partial charge >= 0.3 is 0 Å². The SMILES string of the molecule is COc1cccc(CN(CCc2c[nH]c3ccccc23)Cc2nc(C(=O)N3CCCC3)co2)c1OC. The third-order valence-electron chi connectivity index (χ3n) is 6.77. The number of para-hydroxylation sites is 2. The molecule has 0 unspecified atom stereocenters. The van der Waals surface area contributed by atoms with E-state index in [1.807, 2.05) is 29.2 Å². The number of H-pyrrole nitrogens is 1. The van der Waals surface area contributed by atoms with Gasteiger partial charge in [-0.2, -0.15) is 0 Å². The minimum absolute atomic E-state index is 0.0534. The van der Waals surface area contributed by atoms with Gasteiger partial charge in [0.25, 0.3) is 5.91 Å². The highest BCUT2D eigenvalue weighted by Gasteiger charge is 2.23. The number of benzene rings is 2. The van der Waals surface area contributed by atoms with E-state index in [0.717, 1.165) is 55.7 Å². The molecule has 4 aromatic rings. The lowest BCUT2D eigenvalue weighted by Gasteiger charge is -2.22. The van der Waals surface area contributed by atoms with Gasteiger partial charge < -0.3 is 23.8 Å². The Morgan fingerprint density at radius 3 is 2.69 bits per heavy atom. The number of oxazole rings is 1. The summed E-state index contributed by atoms with van der Waals surface area (Å²) in [6.07, 6.45) is 6.49. The molecular formula is C28H32N4O4. The Kier molecular flexibility index (Phi) is 7.23. The molecule has 2 aromatic heterocycles. The van der Waals surface area contributed by atoms with Gasteiger partial charge in [0.15, 0.2) is 17.2 Å². The average Bonchev–Trinajstić information content (AvgIpc) is 3.68. The first-order chi connectivity index (χ1) is 17.7. The Balaban J connectivity index is 1.36. The number of carbonyl (C=O) groups is 1. The smallest absolute Gasteiger partial charge is 0.275 e. The summed E-state index contributed by atoms with van der Waals surface area (Å²) in [6.45, 7) is 3.41. The van der Waals surface area contributed by atoms with Crippen LogP contribution in [0.3, 0.4) is 0 Å². The molecule has 1 N–H and O–H groups in total. The number of likely N-dealkylation sites (tertiary alicyclic amines) is 1. The molecule has 0 spiro atoms. The van der Waals surface area contributed by atoms with E-state index in [0.29, 0.717) is 30.4 Å². The van der Waals surface area contributed by atoms with Gasteiger partial charge in [-0.15, -0.1) is 0 Å². The summed E-state index contributed by atoms with van der Waals surface area (Å²) in [5, 5.41) is 1.23. The van der Waals surface area contributed by atoms with Crippen molar-refractivity contribution in [2.75, 3.05) is 33.9 Å². The van der Waals surface area contributed by atoms with Crippen LogP contribution in [0.25, 0.3) is 10.9 Å². The summed E-state index contributed by atoms with van der Waals surface area (Å²) < 4.78 is 16.9. The number of rotatable bonds is 10. The molecule has 1 saturated heterocycles. The molecule has 5 rings (SSSR count). The Hall–Kier alpha value is -3.78. The van der Waals surface area contributed by atoms with Crippen molar-refractivity contribution in [2.24, 2.45) is 0 Å². The number of fused-ring (bicyclic) bond motifs is 1. The molecule has 0 bridgehead atoms. The van der Waals surface area contributed by atoms with Crippen LogP contribution in [0.1, 0.15) is 40.3 Å². The van der Waals surface area contributed by atoms with Gasteiger partial charge in [0.1, 0.15) is 6.26 Å². The minimum Gasteiger partial charge on any atom is -0.493 e. The van der Waals surface area contributed by atoms with Crippen LogP contribution < -0.4 is 9.47 Å². The van der Waals surface area contributed by atoms with Crippen LogP contribution in [0.4, 0.5) is 0 Å². The molecule has 0 radical (unpaired) electrons. The maximum atomic E-state index is 12.8. The molecule has 2 aromatic carbocycles. The predicted molar refractivity (Wildman–Crippen MR) is 137 cm³/mol. The molecule has 36 heavy (non-hydrogen) atoms. The van der Waals surface area contributed by atoms with Crippen molar-refractivity contribution >= 4 is 16.8 Å². The number of amides is 1. The fourth-order valence-electron chi connectivity index (χ4n) is 4.91. The zero-order valence-corrected chi connectivity index (χ0v) is 20.8. The summed E-state index contributed by atoms with van der Waals surface area (Å²) in [6, 6.07) is 14.2. The van der Waals surface area contributed by atoms with Gasteiger partial charge in [-0.1, -0.05) is 30.3 Å². The number of carbonyl (C=O) groups excluding carboxylic acids is 1. The quantitative estimate of drug-likeness (QED) is 0.350. The van der Waals surface area contributed by atoms with Crippen molar-refractivity contribution in [3.63, 3.8) is 0 Å². The number of ether oxygens (including phenoxy) is 2. The van der Waals surface area contributed by atoms with Crippen molar-refractivity contribution in [1.29, 1.82) is 0 Å². The van der Waals surface area contributed by atoms with Crippen molar-refractivity contribution < 1.29 is 18.7 Å². The standard InChI is InChI=1S/C28H32N4O4/c1-34-25-11-7-8-21(27(25)35-2)17-31(15-12-20-16-29-23-10-4-3-9-22(20)23)18-26-30-24(19-36-26)28(33)32-13-5-6-14-32/h3-4,7-11,16,19,29H,5-6,12-15,17-18H2,1-2H3. The predicted octanol–water partition coefficient (Wildman–Crippen LogP) is 4.65. The molecule has 188 valence electrons. The zero-order valence-electron chi connectivity index (χ0n) is 20.8. The summed E-state index contributed by atoms with van der Waals surface area (Å²) in [4.78, 5) is 24.8. The number of methoxy groups -OCH3 is 2. The van der Waals surface area contributed by atoms with E-state index in [-0.39, 0.29) is 5.91 Å². The average molecular weight is 489 g/mol. The van der Waals surface area contributed by atoms with Crippen LogP contribution in [-0.2, 0) is 19.5 Å². The topological polar surface area (TPSA) is 83.8 Å². The lowest BCUT2D eigenvalue weighted by molar-refractivity contribution is 0.0787. The lowest BCUT2D eigenvalue weighted by Crippen LogP contribution is -2.28. The molecular weight excluding hydrogens is 456 g/mol. The first kappa shape index (κ1) is 23.9. The Morgan fingerprint density at radius 1 is 1.06 bits per heavy atom. The summed E-state index contributed by atoms with van der Waals surface area (Å²) in [5.74, 6) is 1.89. The van der Waals surface area contributed by atoms with Crippen molar-refractivity contribution in [3.05, 3.63) is 77.6 Å². The Morgan fingerprint density at radius 2 is 1.89 bits per heavy atom. The van der Waals surface area contributed by atoms with Crippen LogP contribution in [0.15, 0.2) is 59.3 Å². The summed E-state index contributed by atoms with van der Waals surface area (Å²) >= 11 is 0. The number of nitrogens with one attached hydrogen (secondary N) is 1. The first-order valence-electron chi connectivity index (χ1n) is 12.4. The second-order valence-corrected chi connectivity index (χ2v) is 9.10. The molecule has 1 amide bonds. The summed E-state index contributed by atoms with van der Waals surface area (Å²) in [5.41, 5.74) is 3.77. The highest BCUT2D eigenvalue weighted by atomic mass is 16.5. The van der Waals surface area contributed by atoms with Crippen LogP contribution >= 0.6 is 0 Å². The zero-order chi connectivity index (χ0) is 24.9. The third-order valence-corrected chi connectivity index (χ3v) is 6.77. The highest BCUT2D eigenvalue weighted by molar-refractivity contribution is 5.92. The van der Waals surface area contributed by atoms with E-state index in [1.165, 1.54) is 17.2 Å². The molecule has 0 aliphatic carbocycles. The Labute approximate surface area is 210 Å². The maximum absolute atomic E-state index is 12.8. The van der Waals surface area contributed by atoms with Crippen LogP contribution in [0, 0.1) is 0 Å². The highest BCUT2D eigenvalue weighted by Crippen LogP contribution is 2.32. The van der Waals surface area contributed by atoms with E-state index in [2.05, 4.69) is 39.3 Å². The molecule has 0 saturated carbocycles. The number of aromatic nitrogens is 2. The number of aromatic amines is 1. The van der Waals surface area contributed by atoms with Crippen LogP contribution in [0.2, 0.25) is 0 Å². The van der Waals surface area contributed by atoms with Crippen molar-refractivity contribution in [2.45, 2.75) is 32.4 Å². The second-order valence-electron chi connectivity index (χ2n) is 9.10. The van der Waals surface area contributed by atoms with E-state index < -0.39 is 0 Å². The largest absolute Gasteiger partial charge is 0.493 e. The molecule has 8 nitrogen and oxygen atoms in total. The lowest BCUT2D eigenvalue weighted by atomic mass is 10.1. The second kappa shape index (κ2) is 10.9. The van der Waals surface area contributed by atoms with Gasteiger partial charge in [-0.25, -0.2) is 4.98 Å². The Bertz CT molecular complexity index is 1320. The number of hydrogen-bond donors (Lipinski definition) is 1. The van der Waals surface area contributed by atoms with E-state index in [4.69, 9.17) is 13.9 Å². The fraction of sp³-hybridized carbons (Fsp3) is 0.357. The van der Waals surface area contributed by atoms with Crippen LogP contribution in [-0.4, -0.2) is 59.5 Å². The summed E-state index contributed by atoms with van der Waals surface area (Å²) in [7, 11) is 3.30. The van der Waals surface area contributed by atoms with Gasteiger partial charge in [-0.3, -0.25) is 9.69 Å². The third kappa shape index (κ3) is 5.09. The maximum Gasteiger partial charge on any atom is 0.275 e. The van der Waals surface area contributed by atoms with Crippen LogP contribution in [0.5, 0.6) is 11.5 Å². The number of nitrogens with zero attached hydrogens (tertiary/aromatic N) is 3. The van der Waals surface area contributed by atoms with E-state index in [1.54, 1.807) is 14.2 Å². The molecule has 3 heterocycles. The molecule has 1 aliphatic heterocycles.